The number of nitrogens with zero attached hydrogens (tertiary/aromatic N) is 1. The summed E-state index contributed by atoms with van der Waals surface area (Å²) in [5.74, 6) is -0.773. The van der Waals surface area contributed by atoms with Gasteiger partial charge in [-0.1, -0.05) is 24.9 Å². The van der Waals surface area contributed by atoms with E-state index < -0.39 is 15.8 Å². The van der Waals surface area contributed by atoms with Crippen LogP contribution in [0.3, 0.4) is 0 Å². The first-order chi connectivity index (χ1) is 9.25. The molecule has 0 amide bonds. The van der Waals surface area contributed by atoms with Gasteiger partial charge in [-0.2, -0.15) is 4.31 Å². The number of hydrogen-bond donors (Lipinski definition) is 1. The van der Waals surface area contributed by atoms with Crippen molar-refractivity contribution >= 4 is 21.6 Å². The van der Waals surface area contributed by atoms with Gasteiger partial charge in [0.25, 0.3) is 0 Å². The monoisotopic (exact) mass is 322 g/mol. The fourth-order valence-corrected chi connectivity index (χ4v) is 3.56. The molecule has 1 aromatic rings. The third-order valence-corrected chi connectivity index (χ3v) is 5.67. The molecule has 1 atom stereocenters. The average molecular weight is 323 g/mol. The minimum atomic E-state index is -3.75. The molecule has 114 valence electrons. The van der Waals surface area contributed by atoms with E-state index in [0.29, 0.717) is 0 Å². The van der Waals surface area contributed by atoms with E-state index in [-0.39, 0.29) is 28.1 Å². The summed E-state index contributed by atoms with van der Waals surface area (Å²) < 4.78 is 39.9. The summed E-state index contributed by atoms with van der Waals surface area (Å²) in [6.45, 7) is 3.77. The third kappa shape index (κ3) is 3.49. The van der Waals surface area contributed by atoms with Crippen LogP contribution in [0.25, 0.3) is 0 Å². The lowest BCUT2D eigenvalue weighted by Gasteiger charge is -2.24. The van der Waals surface area contributed by atoms with Crippen molar-refractivity contribution in [2.24, 2.45) is 5.73 Å². The molecule has 2 N–H and O–H groups in total. The van der Waals surface area contributed by atoms with E-state index in [4.69, 9.17) is 17.3 Å². The summed E-state index contributed by atoms with van der Waals surface area (Å²) in [4.78, 5) is -0.120. The van der Waals surface area contributed by atoms with Crippen molar-refractivity contribution in [3.8, 4) is 0 Å². The summed E-state index contributed by atoms with van der Waals surface area (Å²) in [5, 5.41) is -0.129. The second-order valence-corrected chi connectivity index (χ2v) is 7.12. The van der Waals surface area contributed by atoms with E-state index in [1.165, 1.54) is 17.4 Å². The molecule has 0 radical (unpaired) electrons. The Bertz CT molecular complexity index is 578. The van der Waals surface area contributed by atoms with Crippen molar-refractivity contribution in [3.05, 3.63) is 28.5 Å². The molecule has 0 aliphatic heterocycles. The van der Waals surface area contributed by atoms with Gasteiger partial charge >= 0.3 is 0 Å². The van der Waals surface area contributed by atoms with Gasteiger partial charge < -0.3 is 5.73 Å². The average Bonchev–Trinajstić information content (AvgIpc) is 2.40. The maximum absolute atomic E-state index is 13.7. The van der Waals surface area contributed by atoms with Crippen molar-refractivity contribution in [2.75, 3.05) is 7.05 Å². The first-order valence-electron chi connectivity index (χ1n) is 6.41. The number of benzene rings is 1. The molecule has 0 heterocycles. The van der Waals surface area contributed by atoms with Crippen molar-refractivity contribution in [1.29, 1.82) is 0 Å². The van der Waals surface area contributed by atoms with Gasteiger partial charge in [-0.05, 0) is 31.0 Å². The Hall–Kier alpha value is -0.690. The smallest absolute Gasteiger partial charge is 0.243 e. The number of rotatable bonds is 6. The summed E-state index contributed by atoms with van der Waals surface area (Å²) in [6, 6.07) is 2.10. The van der Waals surface area contributed by atoms with Gasteiger partial charge in [0.2, 0.25) is 10.0 Å². The van der Waals surface area contributed by atoms with E-state index in [1.807, 2.05) is 13.8 Å². The van der Waals surface area contributed by atoms with Gasteiger partial charge in [0.15, 0.2) is 0 Å². The maximum Gasteiger partial charge on any atom is 0.243 e. The van der Waals surface area contributed by atoms with Crippen LogP contribution in [-0.2, 0) is 16.6 Å². The molecule has 0 fully saturated rings. The quantitative estimate of drug-likeness (QED) is 0.876. The zero-order valence-corrected chi connectivity index (χ0v) is 13.4. The van der Waals surface area contributed by atoms with E-state index in [9.17, 15) is 12.8 Å². The highest BCUT2D eigenvalue weighted by molar-refractivity contribution is 7.89. The lowest BCUT2D eigenvalue weighted by molar-refractivity contribution is 0.368. The molecule has 1 rings (SSSR count). The second-order valence-electron chi connectivity index (χ2n) is 4.74. The van der Waals surface area contributed by atoms with Crippen molar-refractivity contribution < 1.29 is 12.8 Å². The molecule has 1 aromatic carbocycles. The molecule has 0 aromatic heterocycles. The SMILES string of the molecule is CCCC(C)N(C)S(=O)(=O)c1cc(F)c(Cl)c(CN)c1. The molecule has 7 heteroatoms. The van der Waals surface area contributed by atoms with Crippen molar-refractivity contribution in [3.63, 3.8) is 0 Å². The number of halogens is 2. The van der Waals surface area contributed by atoms with Crippen molar-refractivity contribution in [2.45, 2.75) is 44.2 Å². The number of hydrogen-bond acceptors (Lipinski definition) is 3. The molecule has 0 aliphatic carbocycles. The number of nitrogens with two attached hydrogens (primary N) is 1. The Labute approximate surface area is 124 Å². The van der Waals surface area contributed by atoms with E-state index in [2.05, 4.69) is 0 Å². The zero-order chi connectivity index (χ0) is 15.5. The fourth-order valence-electron chi connectivity index (χ4n) is 1.92. The van der Waals surface area contributed by atoms with Crippen LogP contribution in [0, 0.1) is 5.82 Å². The van der Waals surface area contributed by atoms with E-state index in [1.54, 1.807) is 0 Å². The van der Waals surface area contributed by atoms with Gasteiger partial charge in [0, 0.05) is 19.6 Å². The maximum atomic E-state index is 13.7. The van der Waals surface area contributed by atoms with Crippen LogP contribution >= 0.6 is 11.6 Å². The molecule has 0 bridgehead atoms. The molecule has 1 unspecified atom stereocenters. The number of sulfonamides is 1. The highest BCUT2D eigenvalue weighted by Gasteiger charge is 2.26. The topological polar surface area (TPSA) is 63.4 Å². The van der Waals surface area contributed by atoms with Crippen LogP contribution in [0.15, 0.2) is 17.0 Å². The lowest BCUT2D eigenvalue weighted by atomic mass is 10.2. The highest BCUT2D eigenvalue weighted by atomic mass is 35.5. The predicted octanol–water partition coefficient (Wildman–Crippen LogP) is 2.75. The van der Waals surface area contributed by atoms with Gasteiger partial charge in [-0.3, -0.25) is 0 Å². The Morgan fingerprint density at radius 2 is 2.05 bits per heavy atom. The van der Waals surface area contributed by atoms with Gasteiger partial charge in [0.1, 0.15) is 5.82 Å². The standard InChI is InChI=1S/C13H20ClFN2O2S/c1-4-5-9(2)17(3)20(18,19)11-6-10(8-16)13(14)12(15)7-11/h6-7,9H,4-5,8,16H2,1-3H3. The van der Waals surface area contributed by atoms with Crippen LogP contribution < -0.4 is 5.73 Å². The molecule has 4 nitrogen and oxygen atoms in total. The molecule has 0 spiro atoms. The summed E-state index contributed by atoms with van der Waals surface area (Å²) >= 11 is 5.74. The zero-order valence-electron chi connectivity index (χ0n) is 11.9. The molecular weight excluding hydrogens is 303 g/mol. The Morgan fingerprint density at radius 3 is 2.55 bits per heavy atom. The van der Waals surface area contributed by atoms with E-state index in [0.717, 1.165) is 18.9 Å². The Morgan fingerprint density at radius 1 is 1.45 bits per heavy atom. The van der Waals surface area contributed by atoms with Crippen molar-refractivity contribution in [1.82, 2.24) is 4.31 Å². The molecule has 0 aliphatic rings. The summed E-state index contributed by atoms with van der Waals surface area (Å²) in [5.41, 5.74) is 5.74. The first-order valence-corrected chi connectivity index (χ1v) is 8.23. The summed E-state index contributed by atoms with van der Waals surface area (Å²) in [6.07, 6.45) is 1.60. The predicted molar refractivity (Wildman–Crippen MR) is 78.6 cm³/mol. The minimum Gasteiger partial charge on any atom is -0.326 e. The second kappa shape index (κ2) is 6.85. The normalized spacial score (nSPS) is 13.8. The van der Waals surface area contributed by atoms with E-state index >= 15 is 0 Å². The van der Waals surface area contributed by atoms with Gasteiger partial charge in [-0.25, -0.2) is 12.8 Å². The van der Waals surface area contributed by atoms with Crippen LogP contribution in [0.4, 0.5) is 4.39 Å². The molecule has 0 saturated carbocycles. The first kappa shape index (κ1) is 17.4. The van der Waals surface area contributed by atoms with Crippen LogP contribution in [0.1, 0.15) is 32.3 Å². The minimum absolute atomic E-state index is 0.0205. The lowest BCUT2D eigenvalue weighted by Crippen LogP contribution is -2.35. The van der Waals surface area contributed by atoms with Crippen LogP contribution in [-0.4, -0.2) is 25.8 Å². The van der Waals surface area contributed by atoms with Gasteiger partial charge in [-0.15, -0.1) is 0 Å². The highest BCUT2D eigenvalue weighted by Crippen LogP contribution is 2.26. The Balaban J connectivity index is 3.25. The third-order valence-electron chi connectivity index (χ3n) is 3.30. The van der Waals surface area contributed by atoms with Crippen LogP contribution in [0.2, 0.25) is 5.02 Å². The largest absolute Gasteiger partial charge is 0.326 e. The fraction of sp³-hybridized carbons (Fsp3) is 0.538. The molecule has 0 saturated heterocycles. The summed E-state index contributed by atoms with van der Waals surface area (Å²) in [7, 11) is -2.26. The van der Waals surface area contributed by atoms with Crippen LogP contribution in [0.5, 0.6) is 0 Å². The molecular formula is C13H20ClFN2O2S. The molecule has 20 heavy (non-hydrogen) atoms. The Kier molecular flexibility index (Phi) is 5.94. The van der Waals surface area contributed by atoms with Gasteiger partial charge in [0.05, 0.1) is 9.92 Å².